The minimum absolute atomic E-state index is 0.0261. The number of ether oxygens (including phenoxy) is 1. The molecule has 39 heavy (non-hydrogen) atoms. The SMILES string of the molecule is CC1(C)CC(=O)C(C(/C(C#N)=C(N)\N=C(\N)c2ccccc2)c2ccc(OCc3ccccc3)cc2)C(=O)C1. The Hall–Kier alpha value is -4.70. The minimum Gasteiger partial charge on any atom is -0.489 e. The molecule has 1 atom stereocenters. The molecule has 0 radical (unpaired) electrons. The first kappa shape index (κ1) is 27.3. The molecule has 0 amide bonds. The van der Waals surface area contributed by atoms with Crippen molar-refractivity contribution in [2.75, 3.05) is 0 Å². The molecule has 0 heterocycles. The van der Waals surface area contributed by atoms with Crippen molar-refractivity contribution >= 4 is 17.4 Å². The van der Waals surface area contributed by atoms with Crippen LogP contribution in [0.2, 0.25) is 0 Å². The number of nitriles is 1. The molecule has 0 aromatic heterocycles. The molecule has 0 aliphatic heterocycles. The molecule has 1 saturated carbocycles. The molecule has 1 aliphatic carbocycles. The van der Waals surface area contributed by atoms with E-state index in [0.717, 1.165) is 5.56 Å². The summed E-state index contributed by atoms with van der Waals surface area (Å²) in [5.74, 6) is -1.76. The van der Waals surface area contributed by atoms with Crippen LogP contribution in [0.15, 0.2) is 101 Å². The lowest BCUT2D eigenvalue weighted by Crippen LogP contribution is -2.41. The molecule has 1 aliphatic rings. The summed E-state index contributed by atoms with van der Waals surface area (Å²) in [6, 6.07) is 28.0. The number of benzene rings is 3. The number of nitrogens with zero attached hydrogens (tertiary/aromatic N) is 2. The molecule has 3 aromatic carbocycles. The Morgan fingerprint density at radius 1 is 0.949 bits per heavy atom. The van der Waals surface area contributed by atoms with E-state index in [2.05, 4.69) is 11.1 Å². The van der Waals surface area contributed by atoms with E-state index in [4.69, 9.17) is 16.2 Å². The van der Waals surface area contributed by atoms with Crippen LogP contribution in [0, 0.1) is 22.7 Å². The second kappa shape index (κ2) is 11.8. The van der Waals surface area contributed by atoms with Gasteiger partial charge in [0, 0.05) is 24.3 Å². The lowest BCUT2D eigenvalue weighted by atomic mass is 9.65. The Balaban J connectivity index is 1.72. The van der Waals surface area contributed by atoms with Gasteiger partial charge in [0.15, 0.2) is 0 Å². The largest absolute Gasteiger partial charge is 0.489 e. The number of hydrogen-bond donors (Lipinski definition) is 2. The zero-order valence-corrected chi connectivity index (χ0v) is 22.1. The van der Waals surface area contributed by atoms with E-state index in [1.807, 2.05) is 62.4 Å². The van der Waals surface area contributed by atoms with Gasteiger partial charge in [-0.15, -0.1) is 0 Å². The summed E-state index contributed by atoms with van der Waals surface area (Å²) in [5.41, 5.74) is 14.4. The van der Waals surface area contributed by atoms with Gasteiger partial charge in [-0.05, 0) is 28.7 Å². The second-order valence-corrected chi connectivity index (χ2v) is 10.5. The molecule has 1 unspecified atom stereocenters. The fourth-order valence-electron chi connectivity index (χ4n) is 4.96. The molecule has 0 spiro atoms. The maximum absolute atomic E-state index is 13.4. The summed E-state index contributed by atoms with van der Waals surface area (Å²) in [4.78, 5) is 31.0. The van der Waals surface area contributed by atoms with Crippen molar-refractivity contribution in [1.82, 2.24) is 0 Å². The fraction of sp³-hybridized carbons (Fsp3) is 0.250. The monoisotopic (exact) mass is 520 g/mol. The van der Waals surface area contributed by atoms with Crippen LogP contribution in [-0.4, -0.2) is 17.4 Å². The predicted octanol–water partition coefficient (Wildman–Crippen LogP) is 5.02. The molecular formula is C32H32N4O3. The van der Waals surface area contributed by atoms with Crippen LogP contribution < -0.4 is 16.2 Å². The predicted molar refractivity (Wildman–Crippen MR) is 150 cm³/mol. The van der Waals surface area contributed by atoms with Crippen molar-refractivity contribution in [3.63, 3.8) is 0 Å². The van der Waals surface area contributed by atoms with Gasteiger partial charge in [-0.1, -0.05) is 86.6 Å². The molecule has 198 valence electrons. The van der Waals surface area contributed by atoms with Gasteiger partial charge < -0.3 is 16.2 Å². The molecule has 0 bridgehead atoms. The second-order valence-electron chi connectivity index (χ2n) is 10.5. The normalized spacial score (nSPS) is 17.2. The topological polar surface area (TPSA) is 132 Å². The first-order valence-corrected chi connectivity index (χ1v) is 12.8. The number of nitrogens with two attached hydrogens (primary N) is 2. The highest BCUT2D eigenvalue weighted by Gasteiger charge is 2.45. The van der Waals surface area contributed by atoms with Crippen LogP contribution in [0.3, 0.4) is 0 Å². The van der Waals surface area contributed by atoms with Gasteiger partial charge in [0.25, 0.3) is 0 Å². The van der Waals surface area contributed by atoms with Crippen LogP contribution in [-0.2, 0) is 16.2 Å². The highest BCUT2D eigenvalue weighted by molar-refractivity contribution is 6.06. The first-order chi connectivity index (χ1) is 18.7. The van der Waals surface area contributed by atoms with Crippen LogP contribution in [0.4, 0.5) is 0 Å². The zero-order chi connectivity index (χ0) is 28.0. The Bertz CT molecular complexity index is 1420. The van der Waals surface area contributed by atoms with E-state index in [1.165, 1.54) is 0 Å². The molecule has 1 fully saturated rings. The summed E-state index contributed by atoms with van der Waals surface area (Å²) in [5, 5.41) is 10.2. The molecule has 0 saturated heterocycles. The van der Waals surface area contributed by atoms with Gasteiger partial charge in [-0.3, -0.25) is 9.59 Å². The van der Waals surface area contributed by atoms with E-state index in [-0.39, 0.29) is 41.6 Å². The number of carbonyl (C=O) groups is 2. The smallest absolute Gasteiger partial charge is 0.144 e. The third-order valence-electron chi connectivity index (χ3n) is 6.84. The first-order valence-electron chi connectivity index (χ1n) is 12.8. The zero-order valence-electron chi connectivity index (χ0n) is 22.1. The third kappa shape index (κ3) is 6.60. The highest BCUT2D eigenvalue weighted by Crippen LogP contribution is 2.43. The average molecular weight is 521 g/mol. The number of amidine groups is 1. The fourth-order valence-corrected chi connectivity index (χ4v) is 4.96. The van der Waals surface area contributed by atoms with Crippen molar-refractivity contribution in [2.24, 2.45) is 27.8 Å². The van der Waals surface area contributed by atoms with Gasteiger partial charge in [-0.2, -0.15) is 5.26 Å². The molecule has 7 heteroatoms. The van der Waals surface area contributed by atoms with Gasteiger partial charge in [0.2, 0.25) is 0 Å². The Morgan fingerprint density at radius 3 is 2.08 bits per heavy atom. The average Bonchev–Trinajstić information content (AvgIpc) is 2.92. The van der Waals surface area contributed by atoms with Crippen LogP contribution in [0.25, 0.3) is 0 Å². The van der Waals surface area contributed by atoms with E-state index < -0.39 is 17.3 Å². The van der Waals surface area contributed by atoms with Gasteiger partial charge in [0.1, 0.15) is 35.6 Å². The van der Waals surface area contributed by atoms with Crippen LogP contribution in [0.1, 0.15) is 49.3 Å². The molecule has 7 nitrogen and oxygen atoms in total. The summed E-state index contributed by atoms with van der Waals surface area (Å²) in [6.45, 7) is 4.18. The number of carbonyl (C=O) groups excluding carboxylic acids is 2. The maximum Gasteiger partial charge on any atom is 0.144 e. The van der Waals surface area contributed by atoms with Gasteiger partial charge in [-0.25, -0.2) is 4.99 Å². The Morgan fingerprint density at radius 2 is 1.51 bits per heavy atom. The van der Waals surface area contributed by atoms with Crippen molar-refractivity contribution in [1.29, 1.82) is 5.26 Å². The summed E-state index contributed by atoms with van der Waals surface area (Å²) >= 11 is 0. The molecule has 4 rings (SSSR count). The molecule has 3 aromatic rings. The Labute approximate surface area is 228 Å². The lowest BCUT2D eigenvalue weighted by molar-refractivity contribution is -0.140. The number of hydrogen-bond acceptors (Lipinski definition) is 6. The third-order valence-corrected chi connectivity index (χ3v) is 6.84. The number of ketones is 2. The van der Waals surface area contributed by atoms with E-state index in [9.17, 15) is 14.9 Å². The number of Topliss-reactive ketones (excluding diaryl/α,β-unsaturated/α-hetero) is 2. The minimum atomic E-state index is -1.05. The molecular weight excluding hydrogens is 488 g/mol. The summed E-state index contributed by atoms with van der Waals surface area (Å²) in [7, 11) is 0. The van der Waals surface area contributed by atoms with E-state index >= 15 is 0 Å². The van der Waals surface area contributed by atoms with Crippen molar-refractivity contribution in [3.8, 4) is 11.8 Å². The highest BCUT2D eigenvalue weighted by atomic mass is 16.5. The maximum atomic E-state index is 13.4. The number of rotatable bonds is 8. The number of allylic oxidation sites excluding steroid dienone is 1. The standard InChI is InChI=1S/C32H32N4O3/c1-32(2)17-26(37)29(27(38)18-32)28(25(19-33)31(35)36-30(34)23-11-7-4-8-12-23)22-13-15-24(16-14-22)39-20-21-9-5-3-6-10-21/h3-16,28-29H,17-18,20,35H2,1-2H3,(H2,34,36)/b31-25-. The summed E-state index contributed by atoms with van der Waals surface area (Å²) in [6.07, 6.45) is 0.457. The quantitative estimate of drug-likeness (QED) is 0.185. The van der Waals surface area contributed by atoms with Crippen molar-refractivity contribution in [2.45, 2.75) is 39.2 Å². The van der Waals surface area contributed by atoms with Crippen LogP contribution in [0.5, 0.6) is 5.75 Å². The van der Waals surface area contributed by atoms with Gasteiger partial charge >= 0.3 is 0 Å². The lowest BCUT2D eigenvalue weighted by Gasteiger charge is -2.35. The van der Waals surface area contributed by atoms with E-state index in [0.29, 0.717) is 23.5 Å². The van der Waals surface area contributed by atoms with Crippen molar-refractivity contribution < 1.29 is 14.3 Å². The van der Waals surface area contributed by atoms with Gasteiger partial charge in [0.05, 0.1) is 17.6 Å². The number of aliphatic imine (C=N–C) groups is 1. The molecule has 4 N–H and O–H groups in total. The Kier molecular flexibility index (Phi) is 8.26. The van der Waals surface area contributed by atoms with Crippen LogP contribution >= 0.6 is 0 Å². The summed E-state index contributed by atoms with van der Waals surface area (Å²) < 4.78 is 5.90. The van der Waals surface area contributed by atoms with Crippen molar-refractivity contribution in [3.05, 3.63) is 113 Å². The van der Waals surface area contributed by atoms with E-state index in [1.54, 1.807) is 36.4 Å².